The maximum absolute atomic E-state index is 13.5. The van der Waals surface area contributed by atoms with Crippen molar-refractivity contribution in [2.45, 2.75) is 26.5 Å². The minimum absolute atomic E-state index is 0.0250. The fourth-order valence-electron chi connectivity index (χ4n) is 1.35. The van der Waals surface area contributed by atoms with Gasteiger partial charge in [0.05, 0.1) is 0 Å². The van der Waals surface area contributed by atoms with Crippen molar-refractivity contribution in [2.24, 2.45) is 5.41 Å². The van der Waals surface area contributed by atoms with Gasteiger partial charge in [-0.15, -0.1) is 0 Å². The standard InChI is InChI=1S/C14H19ClFNOS/c1-14(2,3)13(18)17-7-8-19-9-10-11(15)5-4-6-12(10)16/h4-6H,7-9H2,1-3H3,(H,17,18). The van der Waals surface area contributed by atoms with Gasteiger partial charge in [0.15, 0.2) is 0 Å². The van der Waals surface area contributed by atoms with E-state index in [1.54, 1.807) is 23.9 Å². The molecule has 5 heteroatoms. The largest absolute Gasteiger partial charge is 0.355 e. The lowest BCUT2D eigenvalue weighted by Gasteiger charge is -2.17. The summed E-state index contributed by atoms with van der Waals surface area (Å²) in [5.41, 5.74) is 0.149. The van der Waals surface area contributed by atoms with E-state index in [9.17, 15) is 9.18 Å². The van der Waals surface area contributed by atoms with E-state index in [4.69, 9.17) is 11.6 Å². The molecular formula is C14H19ClFNOS. The first-order valence-electron chi connectivity index (χ1n) is 6.11. The Morgan fingerprint density at radius 1 is 1.42 bits per heavy atom. The van der Waals surface area contributed by atoms with E-state index < -0.39 is 0 Å². The molecule has 1 N–H and O–H groups in total. The summed E-state index contributed by atoms with van der Waals surface area (Å²) in [6.45, 7) is 6.19. The molecule has 1 aromatic carbocycles. The highest BCUT2D eigenvalue weighted by Crippen LogP contribution is 2.23. The van der Waals surface area contributed by atoms with Gasteiger partial charge in [-0.2, -0.15) is 11.8 Å². The molecular weight excluding hydrogens is 285 g/mol. The molecule has 0 saturated heterocycles. The van der Waals surface area contributed by atoms with E-state index in [2.05, 4.69) is 5.32 Å². The number of thioether (sulfide) groups is 1. The number of amides is 1. The quantitative estimate of drug-likeness (QED) is 0.837. The minimum atomic E-state index is -0.375. The number of rotatable bonds is 5. The summed E-state index contributed by atoms with van der Waals surface area (Å²) in [7, 11) is 0. The molecule has 0 heterocycles. The van der Waals surface area contributed by atoms with Gasteiger partial charge in [0.1, 0.15) is 5.82 Å². The van der Waals surface area contributed by atoms with Crippen molar-refractivity contribution >= 4 is 29.3 Å². The number of hydrogen-bond donors (Lipinski definition) is 1. The van der Waals surface area contributed by atoms with Gasteiger partial charge in [-0.05, 0) is 12.1 Å². The molecule has 2 nitrogen and oxygen atoms in total. The Kier molecular flexibility index (Phi) is 6.14. The molecule has 0 aliphatic heterocycles. The average molecular weight is 304 g/mol. The lowest BCUT2D eigenvalue weighted by Crippen LogP contribution is -2.36. The highest BCUT2D eigenvalue weighted by Gasteiger charge is 2.20. The van der Waals surface area contributed by atoms with Gasteiger partial charge in [0.25, 0.3) is 0 Å². The molecule has 0 unspecified atom stereocenters. The van der Waals surface area contributed by atoms with Crippen LogP contribution in [0.4, 0.5) is 4.39 Å². The summed E-state index contributed by atoms with van der Waals surface area (Å²) in [5, 5.41) is 3.30. The molecule has 1 amide bonds. The zero-order chi connectivity index (χ0) is 14.5. The first-order valence-corrected chi connectivity index (χ1v) is 7.64. The molecule has 1 aromatic rings. The number of nitrogens with one attached hydrogen (secondary N) is 1. The molecule has 0 aliphatic rings. The maximum Gasteiger partial charge on any atom is 0.225 e. The number of halogens is 2. The van der Waals surface area contributed by atoms with Gasteiger partial charge in [-0.1, -0.05) is 38.4 Å². The van der Waals surface area contributed by atoms with Crippen molar-refractivity contribution in [2.75, 3.05) is 12.3 Å². The predicted molar refractivity (Wildman–Crippen MR) is 80.0 cm³/mol. The Labute approximate surface area is 123 Å². The van der Waals surface area contributed by atoms with Crippen molar-refractivity contribution in [1.29, 1.82) is 0 Å². The maximum atomic E-state index is 13.5. The van der Waals surface area contributed by atoms with Gasteiger partial charge in [-0.25, -0.2) is 4.39 Å². The summed E-state index contributed by atoms with van der Waals surface area (Å²) >= 11 is 7.48. The second-order valence-electron chi connectivity index (χ2n) is 5.26. The van der Waals surface area contributed by atoms with Gasteiger partial charge in [0, 0.05) is 34.1 Å². The lowest BCUT2D eigenvalue weighted by molar-refractivity contribution is -0.128. The number of carbonyl (C=O) groups excluding carboxylic acids is 1. The van der Waals surface area contributed by atoms with Crippen LogP contribution in [0.15, 0.2) is 18.2 Å². The molecule has 1 rings (SSSR count). The van der Waals surface area contributed by atoms with Crippen molar-refractivity contribution in [1.82, 2.24) is 5.32 Å². The van der Waals surface area contributed by atoms with E-state index in [0.717, 1.165) is 5.75 Å². The SMILES string of the molecule is CC(C)(C)C(=O)NCCSCc1c(F)cccc1Cl. The second kappa shape index (κ2) is 7.15. The van der Waals surface area contributed by atoms with Crippen molar-refractivity contribution in [3.63, 3.8) is 0 Å². The van der Waals surface area contributed by atoms with Crippen LogP contribution in [0.2, 0.25) is 5.02 Å². The molecule has 0 fully saturated rings. The fraction of sp³-hybridized carbons (Fsp3) is 0.500. The summed E-state index contributed by atoms with van der Waals surface area (Å²) in [6.07, 6.45) is 0. The average Bonchev–Trinajstić information content (AvgIpc) is 2.30. The first-order chi connectivity index (χ1) is 8.82. The van der Waals surface area contributed by atoms with Crippen LogP contribution in [0.25, 0.3) is 0 Å². The third kappa shape index (κ3) is 5.41. The molecule has 106 valence electrons. The van der Waals surface area contributed by atoms with E-state index in [-0.39, 0.29) is 17.1 Å². The zero-order valence-electron chi connectivity index (χ0n) is 11.4. The van der Waals surface area contributed by atoms with Crippen LogP contribution < -0.4 is 5.32 Å². The van der Waals surface area contributed by atoms with Crippen LogP contribution in [0.5, 0.6) is 0 Å². The molecule has 19 heavy (non-hydrogen) atoms. The summed E-state index contributed by atoms with van der Waals surface area (Å²) in [4.78, 5) is 11.6. The molecule has 0 bridgehead atoms. The van der Waals surface area contributed by atoms with E-state index in [1.807, 2.05) is 20.8 Å². The van der Waals surface area contributed by atoms with E-state index in [1.165, 1.54) is 6.07 Å². The highest BCUT2D eigenvalue weighted by atomic mass is 35.5. The van der Waals surface area contributed by atoms with Gasteiger partial charge < -0.3 is 5.32 Å². The normalized spacial score (nSPS) is 11.4. The number of carbonyl (C=O) groups is 1. The second-order valence-corrected chi connectivity index (χ2v) is 6.77. The van der Waals surface area contributed by atoms with Crippen molar-refractivity contribution in [3.05, 3.63) is 34.6 Å². The van der Waals surface area contributed by atoms with E-state index in [0.29, 0.717) is 22.9 Å². The summed E-state index contributed by atoms with van der Waals surface area (Å²) < 4.78 is 13.5. The van der Waals surface area contributed by atoms with E-state index >= 15 is 0 Å². The van der Waals surface area contributed by atoms with Crippen LogP contribution in [-0.2, 0) is 10.5 Å². The zero-order valence-corrected chi connectivity index (χ0v) is 13.0. The Morgan fingerprint density at radius 3 is 2.68 bits per heavy atom. The Hall–Kier alpha value is -0.740. The van der Waals surface area contributed by atoms with Crippen LogP contribution in [0.3, 0.4) is 0 Å². The first kappa shape index (κ1) is 16.3. The molecule has 0 aliphatic carbocycles. The Balaban J connectivity index is 2.31. The van der Waals surface area contributed by atoms with Crippen LogP contribution >= 0.6 is 23.4 Å². The monoisotopic (exact) mass is 303 g/mol. The number of benzene rings is 1. The van der Waals surface area contributed by atoms with Crippen molar-refractivity contribution < 1.29 is 9.18 Å². The molecule has 0 aromatic heterocycles. The Morgan fingerprint density at radius 2 is 2.11 bits per heavy atom. The van der Waals surface area contributed by atoms with Crippen molar-refractivity contribution in [3.8, 4) is 0 Å². The topological polar surface area (TPSA) is 29.1 Å². The lowest BCUT2D eigenvalue weighted by atomic mass is 9.96. The van der Waals surface area contributed by atoms with Crippen LogP contribution in [0, 0.1) is 11.2 Å². The van der Waals surface area contributed by atoms with Gasteiger partial charge in [-0.3, -0.25) is 4.79 Å². The third-order valence-corrected chi connectivity index (χ3v) is 3.86. The smallest absolute Gasteiger partial charge is 0.225 e. The van der Waals surface area contributed by atoms with Gasteiger partial charge in [0.2, 0.25) is 5.91 Å². The highest BCUT2D eigenvalue weighted by molar-refractivity contribution is 7.98. The van der Waals surface area contributed by atoms with Crippen LogP contribution in [-0.4, -0.2) is 18.2 Å². The Bertz CT molecular complexity index is 425. The third-order valence-electron chi connectivity index (χ3n) is 2.52. The number of hydrogen-bond acceptors (Lipinski definition) is 2. The molecule has 0 radical (unpaired) electrons. The summed E-state index contributed by atoms with van der Waals surface area (Å²) in [5.74, 6) is 0.986. The predicted octanol–water partition coefficient (Wildman–Crippen LogP) is 3.87. The van der Waals surface area contributed by atoms with Gasteiger partial charge >= 0.3 is 0 Å². The molecule has 0 spiro atoms. The summed E-state index contributed by atoms with van der Waals surface area (Å²) in [6, 6.07) is 4.68. The minimum Gasteiger partial charge on any atom is -0.355 e. The van der Waals surface area contributed by atoms with Crippen LogP contribution in [0.1, 0.15) is 26.3 Å². The molecule has 0 atom stereocenters. The molecule has 0 saturated carbocycles. The fourth-order valence-corrected chi connectivity index (χ4v) is 2.54.